The molecule has 0 bridgehead atoms. The van der Waals surface area contributed by atoms with Crippen LogP contribution in [0.5, 0.6) is 0 Å². The van der Waals surface area contributed by atoms with Crippen molar-refractivity contribution < 1.29 is 19.5 Å². The van der Waals surface area contributed by atoms with Crippen LogP contribution in [0.1, 0.15) is 29.8 Å². The van der Waals surface area contributed by atoms with Gasteiger partial charge in [0.05, 0.1) is 0 Å². The highest BCUT2D eigenvalue weighted by atomic mass is 16.4. The molecule has 1 rings (SSSR count). The molecule has 1 aromatic carbocycles. The Morgan fingerprint density at radius 1 is 1.19 bits per heavy atom. The van der Waals surface area contributed by atoms with Gasteiger partial charge in [-0.3, -0.25) is 4.79 Å². The van der Waals surface area contributed by atoms with E-state index in [4.69, 9.17) is 10.8 Å². The summed E-state index contributed by atoms with van der Waals surface area (Å²) in [4.78, 5) is 33.6. The molecule has 0 heterocycles. The predicted octanol–water partition coefficient (Wildman–Crippen LogP) is 0.694. The molecule has 0 saturated heterocycles. The molecule has 0 aliphatic heterocycles. The summed E-state index contributed by atoms with van der Waals surface area (Å²) < 4.78 is 0. The molecule has 0 aliphatic rings. The van der Waals surface area contributed by atoms with Gasteiger partial charge in [0.15, 0.2) is 0 Å². The largest absolute Gasteiger partial charge is 0.480 e. The zero-order valence-electron chi connectivity index (χ0n) is 11.9. The lowest BCUT2D eigenvalue weighted by molar-refractivity contribution is -0.140. The van der Waals surface area contributed by atoms with E-state index >= 15 is 0 Å². The molecule has 114 valence electrons. The SMILES string of the molecule is CC(C)[C@H](NC(=O)c1ccc(CNC(N)=O)cc1)C(=O)O. The molecule has 0 radical (unpaired) electrons. The Morgan fingerprint density at radius 2 is 1.76 bits per heavy atom. The molecule has 0 aliphatic carbocycles. The van der Waals surface area contributed by atoms with Crippen molar-refractivity contribution in [1.82, 2.24) is 10.6 Å². The van der Waals surface area contributed by atoms with E-state index in [0.717, 1.165) is 5.56 Å². The van der Waals surface area contributed by atoms with E-state index in [2.05, 4.69) is 10.6 Å². The topological polar surface area (TPSA) is 122 Å². The van der Waals surface area contributed by atoms with Crippen LogP contribution in [0, 0.1) is 5.92 Å². The van der Waals surface area contributed by atoms with E-state index in [1.807, 2.05) is 0 Å². The maximum absolute atomic E-state index is 12.0. The third-order valence-corrected chi connectivity index (χ3v) is 2.90. The number of aliphatic carboxylic acids is 1. The molecule has 0 fully saturated rings. The highest BCUT2D eigenvalue weighted by Gasteiger charge is 2.23. The average molecular weight is 293 g/mol. The normalized spacial score (nSPS) is 11.8. The Kier molecular flexibility index (Phi) is 5.71. The number of urea groups is 1. The second kappa shape index (κ2) is 7.28. The van der Waals surface area contributed by atoms with Gasteiger partial charge in [0.2, 0.25) is 0 Å². The second-order valence-corrected chi connectivity index (χ2v) is 4.95. The van der Waals surface area contributed by atoms with Crippen LogP contribution in [0.2, 0.25) is 0 Å². The summed E-state index contributed by atoms with van der Waals surface area (Å²) in [6, 6.07) is 4.89. The highest BCUT2D eigenvalue weighted by molar-refractivity contribution is 5.96. The number of amides is 3. The van der Waals surface area contributed by atoms with Crippen LogP contribution in [0.4, 0.5) is 4.79 Å². The number of carboxylic acid groups (broad SMARTS) is 1. The van der Waals surface area contributed by atoms with Gasteiger partial charge in [0.25, 0.3) is 5.91 Å². The minimum absolute atomic E-state index is 0.217. The monoisotopic (exact) mass is 293 g/mol. The standard InChI is InChI=1S/C14H19N3O4/c1-8(2)11(13(19)20)17-12(18)10-5-3-9(4-6-10)7-16-14(15)21/h3-6,8,11H,7H2,1-2H3,(H,17,18)(H,19,20)(H3,15,16,21)/t11-/m0/s1. The molecule has 0 saturated carbocycles. The number of carboxylic acids is 1. The molecule has 1 aromatic rings. The molecule has 7 nitrogen and oxygen atoms in total. The Bertz CT molecular complexity index is 526. The maximum atomic E-state index is 12.0. The van der Waals surface area contributed by atoms with Crippen molar-refractivity contribution in [1.29, 1.82) is 0 Å². The van der Waals surface area contributed by atoms with Crippen molar-refractivity contribution in [3.63, 3.8) is 0 Å². The summed E-state index contributed by atoms with van der Waals surface area (Å²) in [6.07, 6.45) is 0. The summed E-state index contributed by atoms with van der Waals surface area (Å²) in [5.74, 6) is -1.74. The molecule has 5 N–H and O–H groups in total. The van der Waals surface area contributed by atoms with Gasteiger partial charge in [0.1, 0.15) is 6.04 Å². The van der Waals surface area contributed by atoms with Crippen molar-refractivity contribution >= 4 is 17.9 Å². The third kappa shape index (κ3) is 5.13. The van der Waals surface area contributed by atoms with E-state index in [-0.39, 0.29) is 12.5 Å². The minimum Gasteiger partial charge on any atom is -0.480 e. The van der Waals surface area contributed by atoms with Crippen LogP contribution in [0.15, 0.2) is 24.3 Å². The lowest BCUT2D eigenvalue weighted by atomic mass is 10.0. The Balaban J connectivity index is 2.70. The molecule has 0 spiro atoms. The number of rotatable bonds is 6. The fourth-order valence-electron chi connectivity index (χ4n) is 1.70. The van der Waals surface area contributed by atoms with Crippen molar-refractivity contribution in [3.05, 3.63) is 35.4 Å². The van der Waals surface area contributed by atoms with Crippen LogP contribution in [0.3, 0.4) is 0 Å². The quantitative estimate of drug-likeness (QED) is 0.616. The fourth-order valence-corrected chi connectivity index (χ4v) is 1.70. The molecule has 3 amide bonds. The number of benzene rings is 1. The van der Waals surface area contributed by atoms with Gasteiger partial charge in [-0.05, 0) is 23.6 Å². The number of hydrogen-bond donors (Lipinski definition) is 4. The number of hydrogen-bond acceptors (Lipinski definition) is 3. The number of carbonyl (C=O) groups is 3. The van der Waals surface area contributed by atoms with Gasteiger partial charge in [-0.15, -0.1) is 0 Å². The first kappa shape index (κ1) is 16.5. The summed E-state index contributed by atoms with van der Waals surface area (Å²) in [5.41, 5.74) is 6.09. The molecular formula is C14H19N3O4. The molecular weight excluding hydrogens is 274 g/mol. The lowest BCUT2D eigenvalue weighted by Gasteiger charge is -2.17. The second-order valence-electron chi connectivity index (χ2n) is 4.95. The molecule has 21 heavy (non-hydrogen) atoms. The van der Waals surface area contributed by atoms with Crippen LogP contribution in [0.25, 0.3) is 0 Å². The molecule has 7 heteroatoms. The Labute approximate surface area is 122 Å². The van der Waals surface area contributed by atoms with Crippen LogP contribution in [-0.2, 0) is 11.3 Å². The van der Waals surface area contributed by atoms with Crippen LogP contribution < -0.4 is 16.4 Å². The lowest BCUT2D eigenvalue weighted by Crippen LogP contribution is -2.44. The average Bonchev–Trinajstić information content (AvgIpc) is 2.42. The van der Waals surface area contributed by atoms with E-state index in [9.17, 15) is 14.4 Å². The van der Waals surface area contributed by atoms with Gasteiger partial charge in [-0.2, -0.15) is 0 Å². The smallest absolute Gasteiger partial charge is 0.326 e. The van der Waals surface area contributed by atoms with Crippen molar-refractivity contribution in [2.75, 3.05) is 0 Å². The number of nitrogens with one attached hydrogen (secondary N) is 2. The molecule has 1 atom stereocenters. The van der Waals surface area contributed by atoms with Gasteiger partial charge in [-0.1, -0.05) is 26.0 Å². The maximum Gasteiger partial charge on any atom is 0.326 e. The third-order valence-electron chi connectivity index (χ3n) is 2.90. The zero-order chi connectivity index (χ0) is 16.0. The number of nitrogens with two attached hydrogens (primary N) is 1. The Morgan fingerprint density at radius 3 is 2.19 bits per heavy atom. The minimum atomic E-state index is -1.07. The summed E-state index contributed by atoms with van der Waals surface area (Å²) in [6.45, 7) is 3.70. The van der Waals surface area contributed by atoms with E-state index in [0.29, 0.717) is 5.56 Å². The zero-order valence-corrected chi connectivity index (χ0v) is 11.9. The first-order valence-corrected chi connectivity index (χ1v) is 6.47. The van der Waals surface area contributed by atoms with E-state index in [1.165, 1.54) is 0 Å². The van der Waals surface area contributed by atoms with E-state index in [1.54, 1.807) is 38.1 Å². The van der Waals surface area contributed by atoms with Gasteiger partial charge >= 0.3 is 12.0 Å². The number of primary amides is 1. The molecule has 0 aromatic heterocycles. The van der Waals surface area contributed by atoms with Crippen LogP contribution in [-0.4, -0.2) is 29.1 Å². The van der Waals surface area contributed by atoms with Gasteiger partial charge < -0.3 is 21.5 Å². The van der Waals surface area contributed by atoms with Crippen molar-refractivity contribution in [2.24, 2.45) is 11.7 Å². The summed E-state index contributed by atoms with van der Waals surface area (Å²) in [7, 11) is 0. The number of carbonyl (C=O) groups excluding carboxylic acids is 2. The highest BCUT2D eigenvalue weighted by Crippen LogP contribution is 2.07. The fraction of sp³-hybridized carbons (Fsp3) is 0.357. The Hall–Kier alpha value is -2.57. The van der Waals surface area contributed by atoms with Gasteiger partial charge in [-0.25, -0.2) is 9.59 Å². The van der Waals surface area contributed by atoms with Crippen molar-refractivity contribution in [2.45, 2.75) is 26.4 Å². The van der Waals surface area contributed by atoms with Crippen LogP contribution >= 0.6 is 0 Å². The first-order valence-electron chi connectivity index (χ1n) is 6.47. The predicted molar refractivity (Wildman–Crippen MR) is 76.6 cm³/mol. The molecule has 0 unspecified atom stereocenters. The summed E-state index contributed by atoms with van der Waals surface area (Å²) in [5, 5.41) is 13.9. The van der Waals surface area contributed by atoms with Gasteiger partial charge in [0, 0.05) is 12.1 Å². The van der Waals surface area contributed by atoms with E-state index < -0.39 is 23.9 Å². The van der Waals surface area contributed by atoms with Crippen molar-refractivity contribution in [3.8, 4) is 0 Å². The summed E-state index contributed by atoms with van der Waals surface area (Å²) >= 11 is 0. The first-order chi connectivity index (χ1) is 9.81.